The number of aliphatic imine (C=N–C) groups is 1. The number of hydrogen-bond donors (Lipinski definition) is 3. The Kier molecular flexibility index (Phi) is 9.65. The van der Waals surface area contributed by atoms with Crippen LogP contribution in [0.15, 0.2) is 11.3 Å². The number of nitrogens with one attached hydrogen (secondary N) is 3. The fraction of sp³-hybridized carbons (Fsp3) is 0.733. The second-order valence-corrected chi connectivity index (χ2v) is 5.72. The zero-order chi connectivity index (χ0) is 16.5. The Hall–Kier alpha value is -1.39. The molecule has 0 aliphatic heterocycles. The van der Waals surface area contributed by atoms with Gasteiger partial charge in [-0.1, -0.05) is 12.8 Å². The predicted octanol–water partition coefficient (Wildman–Crippen LogP) is 0.937. The summed E-state index contributed by atoms with van der Waals surface area (Å²) >= 11 is 0. The first kappa shape index (κ1) is 20.7. The van der Waals surface area contributed by atoms with Crippen LogP contribution in [0.3, 0.4) is 0 Å². The van der Waals surface area contributed by atoms with Crippen LogP contribution in [0, 0.1) is 0 Å². The van der Waals surface area contributed by atoms with Gasteiger partial charge in [-0.3, -0.25) is 9.48 Å². The molecular formula is C15H28IN7O. The van der Waals surface area contributed by atoms with Gasteiger partial charge >= 0.3 is 0 Å². The fourth-order valence-corrected chi connectivity index (χ4v) is 2.62. The molecule has 0 atom stereocenters. The summed E-state index contributed by atoms with van der Waals surface area (Å²) in [5, 5.41) is 13.4. The highest BCUT2D eigenvalue weighted by Crippen LogP contribution is 2.17. The van der Waals surface area contributed by atoms with Crippen LogP contribution in [-0.2, 0) is 18.4 Å². The van der Waals surface area contributed by atoms with Crippen molar-refractivity contribution in [3.63, 3.8) is 0 Å². The average Bonchev–Trinajstić information content (AvgIpc) is 3.16. The number of nitrogens with zero attached hydrogens (tertiary/aromatic N) is 4. The Morgan fingerprint density at radius 1 is 1.38 bits per heavy atom. The standard InChI is InChI=1S/C15H27N7O.HI/c1-3-16-15(18-10-13-19-11-20-22(13)2)17-9-8-14(23)21-12-6-4-5-7-12;/h11-12H,3-10H2,1-2H3,(H,21,23)(H2,16,17,18);1H. The van der Waals surface area contributed by atoms with Gasteiger partial charge in [0.25, 0.3) is 0 Å². The molecule has 0 aromatic carbocycles. The van der Waals surface area contributed by atoms with E-state index in [1.54, 1.807) is 4.68 Å². The number of carbonyl (C=O) groups excluding carboxylic acids is 1. The molecule has 0 radical (unpaired) electrons. The van der Waals surface area contributed by atoms with Crippen LogP contribution < -0.4 is 16.0 Å². The van der Waals surface area contributed by atoms with E-state index in [1.165, 1.54) is 19.2 Å². The van der Waals surface area contributed by atoms with Gasteiger partial charge in [0.05, 0.1) is 0 Å². The van der Waals surface area contributed by atoms with Crippen molar-refractivity contribution in [2.75, 3.05) is 13.1 Å². The Balaban J connectivity index is 0.00000288. The minimum absolute atomic E-state index is 0. The number of rotatable bonds is 7. The Morgan fingerprint density at radius 3 is 2.75 bits per heavy atom. The molecule has 1 heterocycles. The number of carbonyl (C=O) groups is 1. The minimum Gasteiger partial charge on any atom is -0.357 e. The van der Waals surface area contributed by atoms with Gasteiger partial charge in [0.1, 0.15) is 18.7 Å². The fourth-order valence-electron chi connectivity index (χ4n) is 2.62. The van der Waals surface area contributed by atoms with Gasteiger partial charge < -0.3 is 16.0 Å². The van der Waals surface area contributed by atoms with Crippen molar-refractivity contribution in [1.29, 1.82) is 0 Å². The maximum absolute atomic E-state index is 11.9. The van der Waals surface area contributed by atoms with E-state index in [1.807, 2.05) is 14.0 Å². The molecule has 0 saturated heterocycles. The van der Waals surface area contributed by atoms with Crippen LogP contribution in [0.5, 0.6) is 0 Å². The molecular weight excluding hydrogens is 421 g/mol. The van der Waals surface area contributed by atoms with Crippen molar-refractivity contribution in [2.24, 2.45) is 12.0 Å². The van der Waals surface area contributed by atoms with Crippen LogP contribution in [0.25, 0.3) is 0 Å². The average molecular weight is 449 g/mol. The summed E-state index contributed by atoms with van der Waals surface area (Å²) < 4.78 is 1.70. The van der Waals surface area contributed by atoms with E-state index in [9.17, 15) is 4.79 Å². The van der Waals surface area contributed by atoms with Crippen LogP contribution in [0.4, 0.5) is 0 Å². The zero-order valence-electron chi connectivity index (χ0n) is 14.4. The molecule has 24 heavy (non-hydrogen) atoms. The van der Waals surface area contributed by atoms with Crippen molar-refractivity contribution < 1.29 is 4.79 Å². The summed E-state index contributed by atoms with van der Waals surface area (Å²) in [6.07, 6.45) is 6.64. The normalized spacial score (nSPS) is 15.0. The van der Waals surface area contributed by atoms with Crippen LogP contribution in [0.1, 0.15) is 44.9 Å². The highest BCUT2D eigenvalue weighted by atomic mass is 127. The second-order valence-electron chi connectivity index (χ2n) is 5.72. The van der Waals surface area contributed by atoms with Crippen LogP contribution in [0.2, 0.25) is 0 Å². The van der Waals surface area contributed by atoms with Gasteiger partial charge in [-0.15, -0.1) is 24.0 Å². The minimum atomic E-state index is 0. The SMILES string of the molecule is CCNC(=NCc1ncnn1C)NCCC(=O)NC1CCCC1.I. The number of amides is 1. The second kappa shape index (κ2) is 11.2. The molecule has 9 heteroatoms. The molecule has 1 fully saturated rings. The lowest BCUT2D eigenvalue weighted by Gasteiger charge is -2.13. The van der Waals surface area contributed by atoms with Gasteiger partial charge in [-0.05, 0) is 19.8 Å². The van der Waals surface area contributed by atoms with E-state index in [0.29, 0.717) is 31.5 Å². The monoisotopic (exact) mass is 449 g/mol. The van der Waals surface area contributed by atoms with Crippen molar-refractivity contribution in [2.45, 2.75) is 51.6 Å². The van der Waals surface area contributed by atoms with E-state index in [4.69, 9.17) is 0 Å². The van der Waals surface area contributed by atoms with E-state index in [-0.39, 0.29) is 29.9 Å². The third-order valence-electron chi connectivity index (χ3n) is 3.89. The predicted molar refractivity (Wildman–Crippen MR) is 104 cm³/mol. The molecule has 2 rings (SSSR count). The number of hydrogen-bond acceptors (Lipinski definition) is 4. The largest absolute Gasteiger partial charge is 0.357 e. The number of guanidine groups is 1. The molecule has 3 N–H and O–H groups in total. The first-order chi connectivity index (χ1) is 11.2. The molecule has 1 saturated carbocycles. The van der Waals surface area contributed by atoms with Crippen LogP contribution in [-0.4, -0.2) is 45.8 Å². The maximum Gasteiger partial charge on any atom is 0.221 e. The smallest absolute Gasteiger partial charge is 0.221 e. The summed E-state index contributed by atoms with van der Waals surface area (Å²) in [7, 11) is 1.84. The topological polar surface area (TPSA) is 96.2 Å². The van der Waals surface area contributed by atoms with Crippen molar-refractivity contribution in [3.8, 4) is 0 Å². The van der Waals surface area contributed by atoms with Crippen molar-refractivity contribution in [3.05, 3.63) is 12.2 Å². The quantitative estimate of drug-likeness (QED) is 0.327. The van der Waals surface area contributed by atoms with Gasteiger partial charge in [0.2, 0.25) is 5.91 Å². The number of aromatic nitrogens is 3. The molecule has 1 aliphatic rings. The number of halogens is 1. The third kappa shape index (κ3) is 7.02. The highest BCUT2D eigenvalue weighted by molar-refractivity contribution is 14.0. The summed E-state index contributed by atoms with van der Waals surface area (Å²) in [5.74, 6) is 1.58. The van der Waals surface area contributed by atoms with Crippen molar-refractivity contribution >= 4 is 35.8 Å². The Morgan fingerprint density at radius 2 is 2.12 bits per heavy atom. The molecule has 136 valence electrons. The zero-order valence-corrected chi connectivity index (χ0v) is 16.7. The summed E-state index contributed by atoms with van der Waals surface area (Å²) in [6.45, 7) is 3.77. The lowest BCUT2D eigenvalue weighted by Crippen LogP contribution is -2.40. The molecule has 8 nitrogen and oxygen atoms in total. The molecule has 1 aromatic heterocycles. The number of aryl methyl sites for hydroxylation is 1. The maximum atomic E-state index is 11.9. The summed E-state index contributed by atoms with van der Waals surface area (Å²) in [5.41, 5.74) is 0. The first-order valence-electron chi connectivity index (χ1n) is 8.33. The van der Waals surface area contributed by atoms with E-state index < -0.39 is 0 Å². The highest BCUT2D eigenvalue weighted by Gasteiger charge is 2.16. The van der Waals surface area contributed by atoms with E-state index in [0.717, 1.165) is 25.2 Å². The molecule has 0 spiro atoms. The molecule has 1 aliphatic carbocycles. The lowest BCUT2D eigenvalue weighted by molar-refractivity contribution is -0.121. The summed E-state index contributed by atoms with van der Waals surface area (Å²) in [6, 6.07) is 0.375. The third-order valence-corrected chi connectivity index (χ3v) is 3.89. The van der Waals surface area contributed by atoms with Gasteiger partial charge in [0.15, 0.2) is 5.96 Å². The molecule has 1 aromatic rings. The van der Waals surface area contributed by atoms with Crippen molar-refractivity contribution in [1.82, 2.24) is 30.7 Å². The Bertz CT molecular complexity index is 526. The van der Waals surface area contributed by atoms with Gasteiger partial charge in [-0.2, -0.15) is 5.10 Å². The van der Waals surface area contributed by atoms with Crippen LogP contribution >= 0.6 is 24.0 Å². The molecule has 1 amide bonds. The lowest BCUT2D eigenvalue weighted by atomic mass is 10.2. The Labute approximate surface area is 160 Å². The van der Waals surface area contributed by atoms with Gasteiger partial charge in [-0.25, -0.2) is 9.98 Å². The summed E-state index contributed by atoms with van der Waals surface area (Å²) in [4.78, 5) is 20.5. The van der Waals surface area contributed by atoms with E-state index >= 15 is 0 Å². The van der Waals surface area contributed by atoms with Gasteiger partial charge in [0, 0.05) is 32.6 Å². The molecule has 0 bridgehead atoms. The van der Waals surface area contributed by atoms with E-state index in [2.05, 4.69) is 31.0 Å². The first-order valence-corrected chi connectivity index (χ1v) is 8.33. The molecule has 0 unspecified atom stereocenters.